The lowest BCUT2D eigenvalue weighted by Crippen LogP contribution is -2.12. The fourth-order valence-corrected chi connectivity index (χ4v) is 3.65. The van der Waals surface area contributed by atoms with Gasteiger partial charge in [-0.15, -0.1) is 0 Å². The Bertz CT molecular complexity index is 1010. The van der Waals surface area contributed by atoms with Gasteiger partial charge >= 0.3 is 0 Å². The van der Waals surface area contributed by atoms with E-state index in [2.05, 4.69) is 103 Å². The number of benzene rings is 3. The molecule has 1 N–H and O–H groups in total. The molecule has 0 unspecified atom stereocenters. The highest BCUT2D eigenvalue weighted by Gasteiger charge is 2.15. The minimum absolute atomic E-state index is 0.929. The first-order valence-electron chi connectivity index (χ1n) is 9.09. The molecule has 0 bridgehead atoms. The minimum Gasteiger partial charge on any atom is -0.354 e. The van der Waals surface area contributed by atoms with Crippen molar-refractivity contribution in [3.05, 3.63) is 95.6 Å². The van der Waals surface area contributed by atoms with Crippen molar-refractivity contribution in [1.29, 1.82) is 0 Å². The maximum atomic E-state index is 3.65. The van der Waals surface area contributed by atoms with Crippen molar-refractivity contribution < 1.29 is 0 Å². The molecule has 0 saturated heterocycles. The van der Waals surface area contributed by atoms with Gasteiger partial charge in [0.15, 0.2) is 0 Å². The molecule has 4 rings (SSSR count). The molecule has 2 heteroatoms. The molecule has 2 nitrogen and oxygen atoms in total. The van der Waals surface area contributed by atoms with Gasteiger partial charge in [-0.1, -0.05) is 72.8 Å². The van der Waals surface area contributed by atoms with Crippen LogP contribution in [0.25, 0.3) is 22.2 Å². The third kappa shape index (κ3) is 3.29. The monoisotopic (exact) mass is 340 g/mol. The summed E-state index contributed by atoms with van der Waals surface area (Å²) < 4.78 is 0. The fraction of sp³-hybridized carbons (Fsp3) is 0.167. The van der Waals surface area contributed by atoms with E-state index in [-0.39, 0.29) is 0 Å². The van der Waals surface area contributed by atoms with Crippen molar-refractivity contribution in [3.8, 4) is 11.3 Å². The van der Waals surface area contributed by atoms with Gasteiger partial charge in [-0.3, -0.25) is 0 Å². The Hall–Kier alpha value is -2.84. The summed E-state index contributed by atoms with van der Waals surface area (Å²) in [5.41, 5.74) is 7.82. The summed E-state index contributed by atoms with van der Waals surface area (Å²) in [6.07, 6.45) is 0.929. The summed E-state index contributed by atoms with van der Waals surface area (Å²) in [4.78, 5) is 5.88. The zero-order valence-corrected chi connectivity index (χ0v) is 15.4. The molecule has 26 heavy (non-hydrogen) atoms. The van der Waals surface area contributed by atoms with Crippen LogP contribution < -0.4 is 0 Å². The topological polar surface area (TPSA) is 19.0 Å². The normalized spacial score (nSPS) is 11.3. The maximum absolute atomic E-state index is 3.65. The fourth-order valence-electron chi connectivity index (χ4n) is 3.65. The number of H-pyrrole nitrogens is 1. The second-order valence-electron chi connectivity index (χ2n) is 7.07. The number of nitrogens with zero attached hydrogens (tertiary/aromatic N) is 1. The van der Waals surface area contributed by atoms with Gasteiger partial charge in [0.2, 0.25) is 0 Å². The van der Waals surface area contributed by atoms with Gasteiger partial charge in [-0.25, -0.2) is 0 Å². The average molecular weight is 340 g/mol. The van der Waals surface area contributed by atoms with Crippen LogP contribution in [-0.2, 0) is 13.0 Å². The van der Waals surface area contributed by atoms with Crippen molar-refractivity contribution in [2.24, 2.45) is 0 Å². The second-order valence-corrected chi connectivity index (χ2v) is 7.07. The quantitative estimate of drug-likeness (QED) is 0.509. The van der Waals surface area contributed by atoms with Gasteiger partial charge in [0.25, 0.3) is 0 Å². The number of para-hydroxylation sites is 1. The number of nitrogens with one attached hydrogen (secondary N) is 1. The Morgan fingerprint density at radius 3 is 2.15 bits per heavy atom. The van der Waals surface area contributed by atoms with E-state index in [1.165, 1.54) is 38.9 Å². The Morgan fingerprint density at radius 1 is 0.731 bits per heavy atom. The SMILES string of the molecule is CN(C)Cc1ccccc1Cc1c(-c2ccccc2)[nH]c2ccccc12. The first kappa shape index (κ1) is 16.6. The number of fused-ring (bicyclic) bond motifs is 1. The minimum atomic E-state index is 0.929. The largest absolute Gasteiger partial charge is 0.354 e. The molecule has 0 saturated carbocycles. The predicted octanol–water partition coefficient (Wildman–Crippen LogP) is 5.49. The maximum Gasteiger partial charge on any atom is 0.0500 e. The molecule has 0 aliphatic carbocycles. The van der Waals surface area contributed by atoms with Crippen molar-refractivity contribution >= 4 is 10.9 Å². The molecule has 130 valence electrons. The molecule has 0 aliphatic heterocycles. The average Bonchev–Trinajstić information content (AvgIpc) is 3.02. The smallest absolute Gasteiger partial charge is 0.0500 e. The van der Waals surface area contributed by atoms with E-state index in [1.54, 1.807) is 0 Å². The van der Waals surface area contributed by atoms with E-state index < -0.39 is 0 Å². The van der Waals surface area contributed by atoms with Crippen LogP contribution in [0.4, 0.5) is 0 Å². The molecule has 0 atom stereocenters. The van der Waals surface area contributed by atoms with Crippen LogP contribution in [0.3, 0.4) is 0 Å². The van der Waals surface area contributed by atoms with E-state index in [9.17, 15) is 0 Å². The third-order valence-corrected chi connectivity index (χ3v) is 4.85. The molecule has 1 aromatic heterocycles. The number of aromatic amines is 1. The van der Waals surface area contributed by atoms with E-state index in [1.807, 2.05) is 0 Å². The number of rotatable bonds is 5. The molecular weight excluding hydrogens is 316 g/mol. The van der Waals surface area contributed by atoms with Crippen LogP contribution in [0.2, 0.25) is 0 Å². The van der Waals surface area contributed by atoms with Crippen LogP contribution in [0.1, 0.15) is 16.7 Å². The molecular formula is C24H24N2. The lowest BCUT2D eigenvalue weighted by molar-refractivity contribution is 0.401. The van der Waals surface area contributed by atoms with Gasteiger partial charge in [0, 0.05) is 23.9 Å². The summed E-state index contributed by atoms with van der Waals surface area (Å²) in [5.74, 6) is 0. The molecule has 4 aromatic rings. The van der Waals surface area contributed by atoms with Gasteiger partial charge < -0.3 is 9.88 Å². The summed E-state index contributed by atoms with van der Waals surface area (Å²) in [6.45, 7) is 0.958. The highest BCUT2D eigenvalue weighted by Crippen LogP contribution is 2.32. The zero-order valence-electron chi connectivity index (χ0n) is 15.4. The summed E-state index contributed by atoms with van der Waals surface area (Å²) in [7, 11) is 4.25. The molecule has 3 aromatic carbocycles. The lowest BCUT2D eigenvalue weighted by atomic mass is 9.95. The molecule has 0 spiro atoms. The Morgan fingerprint density at radius 2 is 1.38 bits per heavy atom. The summed E-state index contributed by atoms with van der Waals surface area (Å²) in [5, 5.41) is 1.31. The van der Waals surface area contributed by atoms with E-state index in [0.29, 0.717) is 0 Å². The van der Waals surface area contributed by atoms with Crippen LogP contribution in [0.15, 0.2) is 78.9 Å². The molecule has 0 fully saturated rings. The lowest BCUT2D eigenvalue weighted by Gasteiger charge is -2.15. The molecule has 0 radical (unpaired) electrons. The van der Waals surface area contributed by atoms with Gasteiger partial charge in [0.1, 0.15) is 0 Å². The van der Waals surface area contributed by atoms with Gasteiger partial charge in [0.05, 0.1) is 5.69 Å². The second kappa shape index (κ2) is 7.19. The Labute approximate surface area is 155 Å². The van der Waals surface area contributed by atoms with Crippen LogP contribution in [-0.4, -0.2) is 24.0 Å². The van der Waals surface area contributed by atoms with Crippen molar-refractivity contribution in [2.75, 3.05) is 14.1 Å². The van der Waals surface area contributed by atoms with E-state index >= 15 is 0 Å². The van der Waals surface area contributed by atoms with E-state index in [0.717, 1.165) is 13.0 Å². The third-order valence-electron chi connectivity index (χ3n) is 4.85. The van der Waals surface area contributed by atoms with Gasteiger partial charge in [-0.05, 0) is 42.4 Å². The van der Waals surface area contributed by atoms with Crippen LogP contribution in [0, 0.1) is 0 Å². The Kier molecular flexibility index (Phi) is 4.59. The highest BCUT2D eigenvalue weighted by atomic mass is 15.0. The first-order valence-corrected chi connectivity index (χ1v) is 9.09. The number of aromatic nitrogens is 1. The highest BCUT2D eigenvalue weighted by molar-refractivity contribution is 5.91. The van der Waals surface area contributed by atoms with Crippen molar-refractivity contribution in [1.82, 2.24) is 9.88 Å². The summed E-state index contributed by atoms with van der Waals surface area (Å²) in [6, 6.07) is 28.0. The summed E-state index contributed by atoms with van der Waals surface area (Å²) >= 11 is 0. The first-order chi connectivity index (χ1) is 12.7. The Balaban J connectivity index is 1.84. The predicted molar refractivity (Wildman–Crippen MR) is 110 cm³/mol. The van der Waals surface area contributed by atoms with Crippen LogP contribution in [0.5, 0.6) is 0 Å². The van der Waals surface area contributed by atoms with Crippen LogP contribution >= 0.6 is 0 Å². The molecule has 1 heterocycles. The van der Waals surface area contributed by atoms with E-state index in [4.69, 9.17) is 0 Å². The van der Waals surface area contributed by atoms with Crippen molar-refractivity contribution in [3.63, 3.8) is 0 Å². The number of hydrogen-bond donors (Lipinski definition) is 1. The molecule has 0 amide bonds. The standard InChI is InChI=1S/C24H24N2/c1-26(2)17-20-13-7-6-12-19(20)16-22-21-14-8-9-15-23(21)25-24(22)18-10-4-3-5-11-18/h3-15,25H,16-17H2,1-2H3. The number of hydrogen-bond acceptors (Lipinski definition) is 1. The van der Waals surface area contributed by atoms with Crippen molar-refractivity contribution in [2.45, 2.75) is 13.0 Å². The van der Waals surface area contributed by atoms with Gasteiger partial charge in [-0.2, -0.15) is 0 Å². The zero-order chi connectivity index (χ0) is 17.9. The molecule has 0 aliphatic rings.